The summed E-state index contributed by atoms with van der Waals surface area (Å²) in [5.41, 5.74) is 7.25. The van der Waals surface area contributed by atoms with E-state index in [1.54, 1.807) is 0 Å². The Kier molecular flexibility index (Phi) is 2.81. The summed E-state index contributed by atoms with van der Waals surface area (Å²) < 4.78 is 0. The van der Waals surface area contributed by atoms with E-state index < -0.39 is 0 Å². The number of fused-ring (bicyclic) bond motifs is 10. The number of nitrogens with two attached hydrogens (primary N) is 1. The minimum absolute atomic E-state index is 0.837. The zero-order valence-electron chi connectivity index (χ0n) is 14.7. The highest BCUT2D eigenvalue weighted by molar-refractivity contribution is 6.36. The molecule has 0 aliphatic heterocycles. The van der Waals surface area contributed by atoms with E-state index in [9.17, 15) is 0 Å². The van der Waals surface area contributed by atoms with Crippen LogP contribution in [0.1, 0.15) is 0 Å². The molecule has 0 saturated carbocycles. The molecular formula is C26H17N. The van der Waals surface area contributed by atoms with E-state index >= 15 is 0 Å². The van der Waals surface area contributed by atoms with Crippen molar-refractivity contribution in [3.63, 3.8) is 0 Å². The standard InChI is InChI=1S/C26H17N/c27-23-11-5-10-20-22-15-14-17-13-12-16-6-1-2-7-18(16)24(17)26(22)21-9-4-3-8-19(21)25(20)23/h1-15H,27H2. The predicted molar refractivity (Wildman–Crippen MR) is 118 cm³/mol. The lowest BCUT2D eigenvalue weighted by atomic mass is 9.89. The second-order valence-electron chi connectivity index (χ2n) is 7.19. The van der Waals surface area contributed by atoms with Gasteiger partial charge in [-0.1, -0.05) is 84.9 Å². The molecule has 0 fully saturated rings. The molecule has 0 aliphatic rings. The lowest BCUT2D eigenvalue weighted by molar-refractivity contribution is 1.76. The Hall–Kier alpha value is -3.58. The van der Waals surface area contributed by atoms with Gasteiger partial charge in [-0.15, -0.1) is 0 Å². The Morgan fingerprint density at radius 1 is 0.370 bits per heavy atom. The first-order valence-electron chi connectivity index (χ1n) is 9.26. The van der Waals surface area contributed by atoms with E-state index in [2.05, 4.69) is 84.9 Å². The van der Waals surface area contributed by atoms with Crippen LogP contribution in [0.4, 0.5) is 5.69 Å². The van der Waals surface area contributed by atoms with E-state index in [0.717, 1.165) is 11.1 Å². The molecule has 1 heteroatoms. The fourth-order valence-electron chi connectivity index (χ4n) is 4.62. The van der Waals surface area contributed by atoms with Crippen LogP contribution in [0, 0.1) is 0 Å². The van der Waals surface area contributed by atoms with Gasteiger partial charge in [-0.2, -0.15) is 0 Å². The monoisotopic (exact) mass is 343 g/mol. The first-order valence-corrected chi connectivity index (χ1v) is 9.26. The number of nitrogen functional groups attached to an aromatic ring is 1. The van der Waals surface area contributed by atoms with Crippen molar-refractivity contribution < 1.29 is 0 Å². The number of hydrogen-bond acceptors (Lipinski definition) is 1. The highest BCUT2D eigenvalue weighted by atomic mass is 14.5. The summed E-state index contributed by atoms with van der Waals surface area (Å²) in [5, 5.41) is 12.6. The van der Waals surface area contributed by atoms with Crippen molar-refractivity contribution in [3.05, 3.63) is 91.0 Å². The molecule has 126 valence electrons. The molecule has 27 heavy (non-hydrogen) atoms. The third-order valence-corrected chi connectivity index (χ3v) is 5.76. The van der Waals surface area contributed by atoms with Crippen LogP contribution in [-0.2, 0) is 0 Å². The summed E-state index contributed by atoms with van der Waals surface area (Å²) in [6.45, 7) is 0. The smallest absolute Gasteiger partial charge is 0.0400 e. The minimum Gasteiger partial charge on any atom is -0.398 e. The van der Waals surface area contributed by atoms with Crippen LogP contribution in [0.2, 0.25) is 0 Å². The van der Waals surface area contributed by atoms with Crippen LogP contribution in [-0.4, -0.2) is 0 Å². The summed E-state index contributed by atoms with van der Waals surface area (Å²) in [4.78, 5) is 0. The highest BCUT2D eigenvalue weighted by Gasteiger charge is 2.14. The van der Waals surface area contributed by atoms with Crippen molar-refractivity contribution in [2.45, 2.75) is 0 Å². The third-order valence-electron chi connectivity index (χ3n) is 5.76. The molecule has 0 amide bonds. The second kappa shape index (κ2) is 5.21. The molecule has 6 aromatic rings. The molecule has 0 saturated heterocycles. The fourth-order valence-corrected chi connectivity index (χ4v) is 4.62. The maximum Gasteiger partial charge on any atom is 0.0400 e. The average molecular weight is 343 g/mol. The molecule has 2 N–H and O–H groups in total. The summed E-state index contributed by atoms with van der Waals surface area (Å²) in [6.07, 6.45) is 0. The lowest BCUT2D eigenvalue weighted by Crippen LogP contribution is -1.91. The van der Waals surface area contributed by atoms with Crippen molar-refractivity contribution in [1.82, 2.24) is 0 Å². The van der Waals surface area contributed by atoms with E-state index in [0.29, 0.717) is 0 Å². The summed E-state index contributed by atoms with van der Waals surface area (Å²) >= 11 is 0. The quantitative estimate of drug-likeness (QED) is 0.232. The first kappa shape index (κ1) is 14.6. The van der Waals surface area contributed by atoms with E-state index in [-0.39, 0.29) is 0 Å². The largest absolute Gasteiger partial charge is 0.398 e. The Balaban J connectivity index is 2.06. The average Bonchev–Trinajstić information content (AvgIpc) is 2.73. The number of hydrogen-bond donors (Lipinski definition) is 1. The van der Waals surface area contributed by atoms with Crippen LogP contribution >= 0.6 is 0 Å². The fraction of sp³-hybridized carbons (Fsp3) is 0. The third kappa shape index (κ3) is 1.89. The second-order valence-corrected chi connectivity index (χ2v) is 7.19. The van der Waals surface area contributed by atoms with Gasteiger partial charge in [-0.05, 0) is 54.5 Å². The zero-order valence-corrected chi connectivity index (χ0v) is 14.7. The van der Waals surface area contributed by atoms with Gasteiger partial charge in [0.15, 0.2) is 0 Å². The number of benzene rings is 6. The Labute approximate surface area is 156 Å². The van der Waals surface area contributed by atoms with Crippen LogP contribution in [0.15, 0.2) is 91.0 Å². The van der Waals surface area contributed by atoms with Gasteiger partial charge in [-0.3, -0.25) is 0 Å². The first-order chi connectivity index (χ1) is 13.3. The van der Waals surface area contributed by atoms with Gasteiger partial charge in [0.2, 0.25) is 0 Å². The topological polar surface area (TPSA) is 26.0 Å². The van der Waals surface area contributed by atoms with Gasteiger partial charge >= 0.3 is 0 Å². The Morgan fingerprint density at radius 3 is 1.74 bits per heavy atom. The molecule has 0 atom stereocenters. The predicted octanol–water partition coefficient (Wildman–Crippen LogP) is 7.03. The Morgan fingerprint density at radius 2 is 0.926 bits per heavy atom. The van der Waals surface area contributed by atoms with Gasteiger partial charge in [0.05, 0.1) is 0 Å². The van der Waals surface area contributed by atoms with Gasteiger partial charge in [0.25, 0.3) is 0 Å². The van der Waals surface area contributed by atoms with Crippen molar-refractivity contribution in [2.24, 2.45) is 0 Å². The number of rotatable bonds is 0. The highest BCUT2D eigenvalue weighted by Crippen LogP contribution is 2.42. The van der Waals surface area contributed by atoms with E-state index in [4.69, 9.17) is 5.73 Å². The number of anilines is 1. The summed E-state index contributed by atoms with van der Waals surface area (Å²) in [5.74, 6) is 0. The van der Waals surface area contributed by atoms with Crippen LogP contribution in [0.5, 0.6) is 0 Å². The SMILES string of the molecule is Nc1cccc2c3ccc4ccc5ccccc5c4c3c3ccccc3c12. The molecule has 0 unspecified atom stereocenters. The molecule has 0 heterocycles. The normalized spacial score (nSPS) is 11.9. The molecule has 0 aliphatic carbocycles. The Bertz CT molecular complexity index is 1500. The molecule has 0 radical (unpaired) electrons. The minimum atomic E-state index is 0.837. The maximum atomic E-state index is 6.42. The molecule has 0 spiro atoms. The van der Waals surface area contributed by atoms with Crippen LogP contribution in [0.25, 0.3) is 53.9 Å². The van der Waals surface area contributed by atoms with Crippen molar-refractivity contribution >= 4 is 59.5 Å². The van der Waals surface area contributed by atoms with Gasteiger partial charge in [-0.25, -0.2) is 0 Å². The van der Waals surface area contributed by atoms with Crippen LogP contribution < -0.4 is 5.73 Å². The molecule has 6 rings (SSSR count). The maximum absolute atomic E-state index is 6.42. The molecule has 0 aromatic heterocycles. The molecular weight excluding hydrogens is 326 g/mol. The summed E-state index contributed by atoms with van der Waals surface area (Å²) in [7, 11) is 0. The van der Waals surface area contributed by atoms with Crippen molar-refractivity contribution in [3.8, 4) is 0 Å². The lowest BCUT2D eigenvalue weighted by Gasteiger charge is -2.15. The molecule has 0 bridgehead atoms. The van der Waals surface area contributed by atoms with E-state index in [1.807, 2.05) is 6.07 Å². The van der Waals surface area contributed by atoms with E-state index in [1.165, 1.54) is 48.5 Å². The van der Waals surface area contributed by atoms with Crippen LogP contribution in [0.3, 0.4) is 0 Å². The van der Waals surface area contributed by atoms with Crippen molar-refractivity contribution in [2.75, 3.05) is 5.73 Å². The summed E-state index contributed by atoms with van der Waals surface area (Å²) in [6, 6.07) is 32.5. The van der Waals surface area contributed by atoms with Crippen molar-refractivity contribution in [1.29, 1.82) is 0 Å². The zero-order chi connectivity index (χ0) is 18.0. The van der Waals surface area contributed by atoms with Gasteiger partial charge < -0.3 is 5.73 Å². The molecule has 6 aromatic carbocycles. The van der Waals surface area contributed by atoms with Gasteiger partial charge in [0.1, 0.15) is 0 Å². The van der Waals surface area contributed by atoms with Gasteiger partial charge in [0, 0.05) is 11.1 Å². The molecule has 1 nitrogen and oxygen atoms in total.